The van der Waals surface area contributed by atoms with Crippen LogP contribution in [0.4, 0.5) is 0 Å². The highest BCUT2D eigenvalue weighted by Gasteiger charge is 2.38. The fourth-order valence-corrected chi connectivity index (χ4v) is 3.68. The maximum absolute atomic E-state index is 11.8. The van der Waals surface area contributed by atoms with Crippen molar-refractivity contribution < 1.29 is 19.4 Å². The van der Waals surface area contributed by atoms with Crippen molar-refractivity contribution in [2.75, 3.05) is 20.8 Å². The van der Waals surface area contributed by atoms with E-state index in [9.17, 15) is 9.90 Å². The van der Waals surface area contributed by atoms with E-state index < -0.39 is 12.0 Å². The van der Waals surface area contributed by atoms with Gasteiger partial charge in [0.25, 0.3) is 0 Å². The Morgan fingerprint density at radius 1 is 1.27 bits per heavy atom. The average Bonchev–Trinajstić information content (AvgIpc) is 3.13. The number of pyridine rings is 1. The van der Waals surface area contributed by atoms with Crippen molar-refractivity contribution >= 4 is 5.97 Å². The van der Waals surface area contributed by atoms with Gasteiger partial charge in [-0.1, -0.05) is 12.1 Å². The van der Waals surface area contributed by atoms with E-state index in [4.69, 9.17) is 9.47 Å². The van der Waals surface area contributed by atoms with Crippen molar-refractivity contribution in [3.05, 3.63) is 53.3 Å². The molecule has 6 heteroatoms. The molecule has 0 bridgehead atoms. The van der Waals surface area contributed by atoms with E-state index in [1.165, 1.54) is 0 Å². The van der Waals surface area contributed by atoms with Crippen LogP contribution in [-0.4, -0.2) is 47.8 Å². The van der Waals surface area contributed by atoms with Crippen LogP contribution in [0.2, 0.25) is 0 Å². The largest absolute Gasteiger partial charge is 0.493 e. The van der Waals surface area contributed by atoms with Gasteiger partial charge in [0.05, 0.1) is 26.0 Å². The standard InChI is InChI=1S/C20H24N2O4/c1-13-6-4-10-21-18(13)19(22-11-5-7-15(22)20(23)24)14-8-9-16(25-2)17(12-14)26-3/h4,6,8-10,12,15,19H,5,7,11H2,1-3H3,(H,23,24). The minimum absolute atomic E-state index is 0.250. The summed E-state index contributed by atoms with van der Waals surface area (Å²) in [6.07, 6.45) is 3.25. The van der Waals surface area contributed by atoms with E-state index in [0.29, 0.717) is 24.5 Å². The normalized spacial score (nSPS) is 18.5. The van der Waals surface area contributed by atoms with Gasteiger partial charge >= 0.3 is 5.97 Å². The average molecular weight is 356 g/mol. The number of rotatable bonds is 6. The number of ether oxygens (including phenoxy) is 2. The van der Waals surface area contributed by atoms with Gasteiger partial charge in [-0.2, -0.15) is 0 Å². The van der Waals surface area contributed by atoms with Gasteiger partial charge in [-0.3, -0.25) is 14.7 Å². The molecule has 0 saturated carbocycles. The van der Waals surface area contributed by atoms with Gasteiger partial charge in [0.1, 0.15) is 6.04 Å². The van der Waals surface area contributed by atoms with Gasteiger partial charge in [0, 0.05) is 12.7 Å². The second-order valence-corrected chi connectivity index (χ2v) is 6.46. The Kier molecular flexibility index (Phi) is 5.42. The summed E-state index contributed by atoms with van der Waals surface area (Å²) >= 11 is 0. The predicted octanol–water partition coefficient (Wildman–Crippen LogP) is 3.05. The second-order valence-electron chi connectivity index (χ2n) is 6.46. The minimum Gasteiger partial charge on any atom is -0.493 e. The third-order valence-electron chi connectivity index (χ3n) is 4.94. The molecule has 3 rings (SSSR count). The van der Waals surface area contributed by atoms with Gasteiger partial charge in [0.15, 0.2) is 11.5 Å². The molecule has 26 heavy (non-hydrogen) atoms. The monoisotopic (exact) mass is 356 g/mol. The molecule has 2 atom stereocenters. The van der Waals surface area contributed by atoms with Crippen LogP contribution in [0.15, 0.2) is 36.5 Å². The summed E-state index contributed by atoms with van der Waals surface area (Å²) in [7, 11) is 3.19. The van der Waals surface area contributed by atoms with Crippen molar-refractivity contribution in [3.8, 4) is 11.5 Å². The van der Waals surface area contributed by atoms with Crippen LogP contribution >= 0.6 is 0 Å². The highest BCUT2D eigenvalue weighted by atomic mass is 16.5. The lowest BCUT2D eigenvalue weighted by Gasteiger charge is -2.32. The van der Waals surface area contributed by atoms with Crippen molar-refractivity contribution in [1.29, 1.82) is 0 Å². The van der Waals surface area contributed by atoms with Crippen LogP contribution in [0.25, 0.3) is 0 Å². The topological polar surface area (TPSA) is 71.9 Å². The van der Waals surface area contributed by atoms with Gasteiger partial charge in [-0.15, -0.1) is 0 Å². The van der Waals surface area contributed by atoms with E-state index in [1.54, 1.807) is 20.4 Å². The molecule has 1 aliphatic heterocycles. The number of aliphatic carboxylic acids is 1. The van der Waals surface area contributed by atoms with Crippen molar-refractivity contribution in [3.63, 3.8) is 0 Å². The number of likely N-dealkylation sites (tertiary alicyclic amines) is 1. The number of carboxylic acids is 1. The lowest BCUT2D eigenvalue weighted by molar-refractivity contribution is -0.142. The fourth-order valence-electron chi connectivity index (χ4n) is 3.68. The van der Waals surface area contributed by atoms with Gasteiger partial charge in [0.2, 0.25) is 0 Å². The van der Waals surface area contributed by atoms with Crippen LogP contribution < -0.4 is 9.47 Å². The van der Waals surface area contributed by atoms with E-state index >= 15 is 0 Å². The molecule has 1 fully saturated rings. The zero-order valence-corrected chi connectivity index (χ0v) is 15.3. The first-order valence-electron chi connectivity index (χ1n) is 8.68. The summed E-state index contributed by atoms with van der Waals surface area (Å²) in [6.45, 7) is 2.72. The highest BCUT2D eigenvalue weighted by molar-refractivity contribution is 5.74. The van der Waals surface area contributed by atoms with E-state index in [2.05, 4.69) is 4.98 Å². The Morgan fingerprint density at radius 2 is 2.04 bits per heavy atom. The number of aromatic nitrogens is 1. The Bertz CT molecular complexity index is 793. The maximum atomic E-state index is 11.8. The molecule has 2 aromatic rings. The Labute approximate surface area is 153 Å². The van der Waals surface area contributed by atoms with Crippen molar-refractivity contribution in [2.45, 2.75) is 31.8 Å². The number of benzene rings is 1. The third-order valence-corrected chi connectivity index (χ3v) is 4.94. The molecule has 1 aliphatic rings. The highest BCUT2D eigenvalue weighted by Crippen LogP contribution is 2.38. The van der Waals surface area contributed by atoms with Gasteiger partial charge in [-0.05, 0) is 49.1 Å². The lowest BCUT2D eigenvalue weighted by atomic mass is 9.97. The first-order valence-corrected chi connectivity index (χ1v) is 8.68. The summed E-state index contributed by atoms with van der Waals surface area (Å²) in [5.74, 6) is 0.472. The molecule has 138 valence electrons. The zero-order chi connectivity index (χ0) is 18.7. The quantitative estimate of drug-likeness (QED) is 0.858. The Balaban J connectivity index is 2.12. The number of nitrogens with zero attached hydrogens (tertiary/aromatic N) is 2. The Morgan fingerprint density at radius 3 is 2.69 bits per heavy atom. The van der Waals surface area contributed by atoms with E-state index in [-0.39, 0.29) is 6.04 Å². The van der Waals surface area contributed by atoms with Crippen LogP contribution in [0.3, 0.4) is 0 Å². The fraction of sp³-hybridized carbons (Fsp3) is 0.400. The maximum Gasteiger partial charge on any atom is 0.320 e. The molecule has 1 saturated heterocycles. The zero-order valence-electron chi connectivity index (χ0n) is 15.3. The summed E-state index contributed by atoms with van der Waals surface area (Å²) in [5, 5.41) is 9.67. The minimum atomic E-state index is -0.790. The number of carbonyl (C=O) groups is 1. The van der Waals surface area contributed by atoms with Gasteiger partial charge < -0.3 is 14.6 Å². The second kappa shape index (κ2) is 7.74. The summed E-state index contributed by atoms with van der Waals surface area (Å²) in [5.41, 5.74) is 2.84. The molecule has 6 nitrogen and oxygen atoms in total. The smallest absolute Gasteiger partial charge is 0.320 e. The summed E-state index contributed by atoms with van der Waals surface area (Å²) < 4.78 is 10.8. The first-order chi connectivity index (χ1) is 12.6. The molecule has 2 unspecified atom stereocenters. The number of carboxylic acid groups (broad SMARTS) is 1. The number of methoxy groups -OCH3 is 2. The van der Waals surface area contributed by atoms with Crippen LogP contribution in [0, 0.1) is 6.92 Å². The van der Waals surface area contributed by atoms with E-state index in [1.807, 2.05) is 42.2 Å². The lowest BCUT2D eigenvalue weighted by Crippen LogP contribution is -2.39. The van der Waals surface area contributed by atoms with Crippen LogP contribution in [-0.2, 0) is 4.79 Å². The summed E-state index contributed by atoms with van der Waals surface area (Å²) in [4.78, 5) is 18.4. The summed E-state index contributed by atoms with van der Waals surface area (Å²) in [6, 6.07) is 8.84. The molecular weight excluding hydrogens is 332 g/mol. The number of hydrogen-bond donors (Lipinski definition) is 1. The molecular formula is C20H24N2O4. The van der Waals surface area contributed by atoms with Gasteiger partial charge in [-0.25, -0.2) is 0 Å². The molecule has 1 aromatic carbocycles. The van der Waals surface area contributed by atoms with Crippen molar-refractivity contribution in [1.82, 2.24) is 9.88 Å². The van der Waals surface area contributed by atoms with Crippen LogP contribution in [0.5, 0.6) is 11.5 Å². The van der Waals surface area contributed by atoms with E-state index in [0.717, 1.165) is 23.2 Å². The SMILES string of the molecule is COc1ccc(C(c2ncccc2C)N2CCCC2C(=O)O)cc1OC. The number of hydrogen-bond acceptors (Lipinski definition) is 5. The Hall–Kier alpha value is -2.60. The van der Waals surface area contributed by atoms with Crippen LogP contribution in [0.1, 0.15) is 35.7 Å². The molecule has 1 N–H and O–H groups in total. The third kappa shape index (κ3) is 3.37. The molecule has 2 heterocycles. The molecule has 0 spiro atoms. The molecule has 0 amide bonds. The predicted molar refractivity (Wildman–Crippen MR) is 97.7 cm³/mol. The number of aryl methyl sites for hydroxylation is 1. The first kappa shape index (κ1) is 18.2. The molecule has 0 aliphatic carbocycles. The van der Waals surface area contributed by atoms with Crippen molar-refractivity contribution in [2.24, 2.45) is 0 Å². The molecule has 1 aromatic heterocycles. The molecule has 0 radical (unpaired) electrons.